The molecule has 10 heavy (non-hydrogen) atoms. The molecule has 0 spiro atoms. The predicted octanol–water partition coefficient (Wildman–Crippen LogP) is 2.56. The molecule has 1 aliphatic rings. The van der Waals surface area contributed by atoms with E-state index < -0.39 is 0 Å². The summed E-state index contributed by atoms with van der Waals surface area (Å²) in [5, 5.41) is 0. The maximum Gasteiger partial charge on any atom is 0.0809 e. The zero-order valence-electron chi connectivity index (χ0n) is 7.61. The molecule has 1 atom stereocenters. The molecule has 1 aliphatic heterocycles. The molecule has 0 amide bonds. The van der Waals surface area contributed by atoms with Crippen LogP contribution in [0.25, 0.3) is 0 Å². The Hall–Kier alpha value is 0.177. The fourth-order valence-electron chi connectivity index (χ4n) is 0.557. The first-order valence-electron chi connectivity index (χ1n) is 4.05. The van der Waals surface area contributed by atoms with E-state index in [1.165, 1.54) is 12.8 Å². The van der Waals surface area contributed by atoms with Crippen molar-refractivity contribution in [1.82, 2.24) is 0 Å². The summed E-state index contributed by atoms with van der Waals surface area (Å²) in [7, 11) is 0.120. The summed E-state index contributed by atoms with van der Waals surface area (Å²) >= 11 is 0. The highest BCUT2D eigenvalue weighted by molar-refractivity contribution is 6.54. The van der Waals surface area contributed by atoms with Gasteiger partial charge in [0, 0.05) is 8.80 Å². The van der Waals surface area contributed by atoms with Crippen LogP contribution in [0.4, 0.5) is 0 Å². The molecule has 1 unspecified atom stereocenters. The van der Waals surface area contributed by atoms with Crippen LogP contribution in [0, 0.1) is 0 Å². The van der Waals surface area contributed by atoms with Crippen molar-refractivity contribution in [3.05, 3.63) is 0 Å². The average molecular weight is 159 g/mol. The fourth-order valence-corrected chi connectivity index (χ4v) is 0.557. The lowest BCUT2D eigenvalue weighted by Crippen LogP contribution is -1.84. The number of rotatable bonds is 2. The molecule has 0 aliphatic carbocycles. The predicted molar refractivity (Wildman–Crippen MR) is 48.0 cm³/mol. The van der Waals surface area contributed by atoms with Crippen molar-refractivity contribution in [3.63, 3.8) is 0 Å². The fraction of sp³-hybridized carbons (Fsp3) is 1.00. The van der Waals surface area contributed by atoms with Gasteiger partial charge in [0.15, 0.2) is 0 Å². The monoisotopic (exact) mass is 159 g/mol. The number of epoxide rings is 1. The lowest BCUT2D eigenvalue weighted by atomic mass is 10.3. The summed E-state index contributed by atoms with van der Waals surface area (Å²) in [6.45, 7) is 10.0. The van der Waals surface area contributed by atoms with Crippen molar-refractivity contribution in [2.75, 3.05) is 6.61 Å². The Balaban J connectivity index is 0.000000180. The minimum absolute atomic E-state index is 0.120. The summed E-state index contributed by atoms with van der Waals surface area (Å²) in [4.78, 5) is 0. The molecule has 0 bridgehead atoms. The van der Waals surface area contributed by atoms with Gasteiger partial charge < -0.3 is 4.74 Å². The quantitative estimate of drug-likeness (QED) is 0.445. The van der Waals surface area contributed by atoms with Crippen molar-refractivity contribution in [1.29, 1.82) is 0 Å². The zero-order valence-corrected chi connectivity index (χ0v) is 8.61. The highest BCUT2D eigenvalue weighted by Gasteiger charge is 2.19. The second-order valence-electron chi connectivity index (χ2n) is 3.24. The van der Waals surface area contributed by atoms with Gasteiger partial charge in [0.2, 0.25) is 0 Å². The lowest BCUT2D eigenvalue weighted by molar-refractivity contribution is 0.395. The maximum absolute atomic E-state index is 4.95. The smallest absolute Gasteiger partial charge is 0.0809 e. The third-order valence-corrected chi connectivity index (χ3v) is 1.01. The highest BCUT2D eigenvalue weighted by Crippen LogP contribution is 2.14. The standard InChI is InChI=1S/C5H10O.C3H9Si/c1-2-3-5-4-6-5;1-4(2)3/h5H,2-4H2,1H3;1-3H3. The maximum atomic E-state index is 4.95. The van der Waals surface area contributed by atoms with Gasteiger partial charge >= 0.3 is 0 Å². The van der Waals surface area contributed by atoms with Crippen molar-refractivity contribution >= 4 is 8.80 Å². The molecule has 1 nitrogen and oxygen atoms in total. The van der Waals surface area contributed by atoms with E-state index in [2.05, 4.69) is 26.6 Å². The summed E-state index contributed by atoms with van der Waals surface area (Å²) in [6, 6.07) is 0. The van der Waals surface area contributed by atoms with Crippen LogP contribution < -0.4 is 0 Å². The molecule has 1 heterocycles. The van der Waals surface area contributed by atoms with Crippen LogP contribution in [-0.2, 0) is 4.74 Å². The van der Waals surface area contributed by atoms with Gasteiger partial charge in [-0.1, -0.05) is 33.0 Å². The molecular weight excluding hydrogens is 140 g/mol. The third kappa shape index (κ3) is 11.0. The van der Waals surface area contributed by atoms with Crippen LogP contribution >= 0.6 is 0 Å². The van der Waals surface area contributed by atoms with Crippen molar-refractivity contribution in [2.45, 2.75) is 45.5 Å². The molecular formula is C8H19OSi. The Morgan fingerprint density at radius 1 is 1.40 bits per heavy atom. The summed E-state index contributed by atoms with van der Waals surface area (Å²) in [5.41, 5.74) is 0. The molecule has 0 aromatic rings. The second kappa shape index (κ2) is 5.92. The van der Waals surface area contributed by atoms with Crippen LogP contribution in [0.5, 0.6) is 0 Å². The minimum Gasteiger partial charge on any atom is -0.373 e. The highest BCUT2D eigenvalue weighted by atomic mass is 28.3. The Labute approximate surface area is 66.4 Å². The average Bonchev–Trinajstić information content (AvgIpc) is 2.48. The number of hydrogen-bond acceptors (Lipinski definition) is 1. The van der Waals surface area contributed by atoms with E-state index in [1.807, 2.05) is 0 Å². The normalized spacial score (nSPS) is 21.9. The topological polar surface area (TPSA) is 12.5 Å². The van der Waals surface area contributed by atoms with Crippen LogP contribution in [0.2, 0.25) is 19.6 Å². The molecule has 1 fully saturated rings. The molecule has 0 saturated carbocycles. The van der Waals surface area contributed by atoms with Crippen LogP contribution in [0.3, 0.4) is 0 Å². The van der Waals surface area contributed by atoms with Crippen LogP contribution in [0.15, 0.2) is 0 Å². The summed E-state index contributed by atoms with van der Waals surface area (Å²) in [5.74, 6) is 0. The number of ether oxygens (including phenoxy) is 1. The van der Waals surface area contributed by atoms with Crippen LogP contribution in [0.1, 0.15) is 19.8 Å². The van der Waals surface area contributed by atoms with Gasteiger partial charge in [-0.05, 0) is 6.42 Å². The molecule has 0 aromatic heterocycles. The van der Waals surface area contributed by atoms with E-state index in [1.54, 1.807) is 0 Å². The minimum atomic E-state index is 0.120. The van der Waals surface area contributed by atoms with E-state index in [0.29, 0.717) is 6.10 Å². The summed E-state index contributed by atoms with van der Waals surface area (Å²) in [6.07, 6.45) is 3.18. The van der Waals surface area contributed by atoms with Crippen molar-refractivity contribution in [3.8, 4) is 0 Å². The van der Waals surface area contributed by atoms with Gasteiger partial charge in [-0.2, -0.15) is 0 Å². The Morgan fingerprint density at radius 3 is 1.90 bits per heavy atom. The first-order valence-corrected chi connectivity index (χ1v) is 7.05. The summed E-state index contributed by atoms with van der Waals surface area (Å²) < 4.78 is 4.95. The van der Waals surface area contributed by atoms with E-state index in [4.69, 9.17) is 4.74 Å². The van der Waals surface area contributed by atoms with Gasteiger partial charge in [-0.3, -0.25) is 0 Å². The van der Waals surface area contributed by atoms with Gasteiger partial charge in [0.05, 0.1) is 12.7 Å². The first kappa shape index (κ1) is 10.2. The van der Waals surface area contributed by atoms with E-state index in [0.717, 1.165) is 6.61 Å². The molecule has 0 aromatic carbocycles. The molecule has 1 rings (SSSR count). The zero-order chi connectivity index (χ0) is 7.98. The Bertz CT molecular complexity index is 66.9. The van der Waals surface area contributed by atoms with E-state index >= 15 is 0 Å². The van der Waals surface area contributed by atoms with Gasteiger partial charge in [0.25, 0.3) is 0 Å². The van der Waals surface area contributed by atoms with Crippen LogP contribution in [-0.4, -0.2) is 21.5 Å². The van der Waals surface area contributed by atoms with E-state index in [9.17, 15) is 0 Å². The Morgan fingerprint density at radius 2 is 1.80 bits per heavy atom. The molecule has 1 radical (unpaired) electrons. The first-order chi connectivity index (χ1) is 4.66. The van der Waals surface area contributed by atoms with Gasteiger partial charge in [0.1, 0.15) is 0 Å². The SMILES string of the molecule is CCCC1CO1.C[Si](C)C. The van der Waals surface area contributed by atoms with Gasteiger partial charge in [-0.25, -0.2) is 0 Å². The second-order valence-corrected chi connectivity index (χ2v) is 6.24. The molecule has 0 N–H and O–H groups in total. The number of hydrogen-bond donors (Lipinski definition) is 0. The van der Waals surface area contributed by atoms with Crippen molar-refractivity contribution in [2.24, 2.45) is 0 Å². The molecule has 1 saturated heterocycles. The van der Waals surface area contributed by atoms with Crippen molar-refractivity contribution < 1.29 is 4.74 Å². The largest absolute Gasteiger partial charge is 0.373 e. The van der Waals surface area contributed by atoms with E-state index in [-0.39, 0.29) is 8.80 Å². The lowest BCUT2D eigenvalue weighted by Gasteiger charge is -1.79. The van der Waals surface area contributed by atoms with Gasteiger partial charge in [-0.15, -0.1) is 0 Å². The molecule has 2 heteroatoms. The third-order valence-electron chi connectivity index (χ3n) is 1.01. The molecule has 61 valence electrons. The Kier molecular flexibility index (Phi) is 6.03.